The molecule has 0 aliphatic carbocycles. The number of halogens is 1. The smallest absolute Gasteiger partial charge is 0.261 e. The van der Waals surface area contributed by atoms with Crippen LogP contribution in [0.3, 0.4) is 0 Å². The Morgan fingerprint density at radius 3 is 2.76 bits per heavy atom. The summed E-state index contributed by atoms with van der Waals surface area (Å²) in [7, 11) is 0. The molecule has 0 radical (unpaired) electrons. The SMILES string of the molecule is CCC(Cl)c1nc2ccccc2c(=O)n1CCC(C)SC. The van der Waals surface area contributed by atoms with E-state index in [-0.39, 0.29) is 10.9 Å². The first kappa shape index (κ1) is 16.4. The van der Waals surface area contributed by atoms with Crippen molar-refractivity contribution in [3.63, 3.8) is 0 Å². The van der Waals surface area contributed by atoms with Crippen LogP contribution >= 0.6 is 23.4 Å². The molecule has 0 fully saturated rings. The molecule has 114 valence electrons. The molecule has 2 unspecified atom stereocenters. The van der Waals surface area contributed by atoms with Crippen molar-refractivity contribution in [1.82, 2.24) is 9.55 Å². The molecule has 5 heteroatoms. The highest BCUT2D eigenvalue weighted by atomic mass is 35.5. The molecule has 2 atom stereocenters. The van der Waals surface area contributed by atoms with Gasteiger partial charge in [-0.2, -0.15) is 11.8 Å². The first-order valence-electron chi connectivity index (χ1n) is 7.24. The second-order valence-electron chi connectivity index (χ2n) is 5.15. The van der Waals surface area contributed by atoms with Crippen molar-refractivity contribution in [3.8, 4) is 0 Å². The van der Waals surface area contributed by atoms with Gasteiger partial charge in [-0.3, -0.25) is 9.36 Å². The third-order valence-corrected chi connectivity index (χ3v) is 5.24. The van der Waals surface area contributed by atoms with Crippen LogP contribution in [-0.4, -0.2) is 21.1 Å². The Kier molecular flexibility index (Phi) is 5.71. The van der Waals surface area contributed by atoms with Crippen LogP contribution in [0.25, 0.3) is 10.9 Å². The van der Waals surface area contributed by atoms with E-state index in [2.05, 4.69) is 18.2 Å². The monoisotopic (exact) mass is 324 g/mol. The van der Waals surface area contributed by atoms with Crippen molar-refractivity contribution >= 4 is 34.3 Å². The number of nitrogens with zero attached hydrogens (tertiary/aromatic N) is 2. The first-order chi connectivity index (χ1) is 10.1. The molecular formula is C16H21ClN2OS. The van der Waals surface area contributed by atoms with E-state index in [1.807, 2.05) is 31.2 Å². The van der Waals surface area contributed by atoms with E-state index in [1.165, 1.54) is 0 Å². The van der Waals surface area contributed by atoms with E-state index in [0.29, 0.717) is 23.0 Å². The number of para-hydroxylation sites is 1. The lowest BCUT2D eigenvalue weighted by molar-refractivity contribution is 0.572. The van der Waals surface area contributed by atoms with Crippen LogP contribution in [0, 0.1) is 0 Å². The highest BCUT2D eigenvalue weighted by Gasteiger charge is 2.17. The predicted octanol–water partition coefficient (Wildman–Crippen LogP) is 4.23. The number of hydrogen-bond donors (Lipinski definition) is 0. The van der Waals surface area contributed by atoms with Crippen LogP contribution in [0.5, 0.6) is 0 Å². The van der Waals surface area contributed by atoms with Gasteiger partial charge in [0.1, 0.15) is 5.82 Å². The maximum Gasteiger partial charge on any atom is 0.261 e. The molecule has 0 spiro atoms. The molecule has 0 aliphatic rings. The average Bonchev–Trinajstić information content (AvgIpc) is 2.52. The first-order valence-corrected chi connectivity index (χ1v) is 8.97. The van der Waals surface area contributed by atoms with Crippen molar-refractivity contribution in [2.75, 3.05) is 6.26 Å². The van der Waals surface area contributed by atoms with Gasteiger partial charge in [-0.15, -0.1) is 11.6 Å². The van der Waals surface area contributed by atoms with Crippen LogP contribution in [-0.2, 0) is 6.54 Å². The number of fused-ring (bicyclic) bond motifs is 1. The van der Waals surface area contributed by atoms with Gasteiger partial charge in [0.15, 0.2) is 0 Å². The maximum atomic E-state index is 12.7. The summed E-state index contributed by atoms with van der Waals surface area (Å²) in [5.74, 6) is 0.691. The summed E-state index contributed by atoms with van der Waals surface area (Å²) in [6.45, 7) is 4.84. The summed E-state index contributed by atoms with van der Waals surface area (Å²) in [4.78, 5) is 17.4. The molecule has 1 aromatic carbocycles. The van der Waals surface area contributed by atoms with Gasteiger partial charge in [0.25, 0.3) is 5.56 Å². The lowest BCUT2D eigenvalue weighted by Crippen LogP contribution is -2.27. The zero-order chi connectivity index (χ0) is 15.4. The third kappa shape index (κ3) is 3.61. The summed E-state index contributed by atoms with van der Waals surface area (Å²) in [5, 5.41) is 0.941. The van der Waals surface area contributed by atoms with Gasteiger partial charge in [-0.25, -0.2) is 4.98 Å². The zero-order valence-corrected chi connectivity index (χ0v) is 14.2. The molecule has 0 amide bonds. The molecule has 21 heavy (non-hydrogen) atoms. The molecule has 3 nitrogen and oxygen atoms in total. The number of aromatic nitrogens is 2. The Balaban J connectivity index is 2.53. The normalized spacial score (nSPS) is 14.3. The largest absolute Gasteiger partial charge is 0.295 e. The highest BCUT2D eigenvalue weighted by molar-refractivity contribution is 7.99. The van der Waals surface area contributed by atoms with E-state index in [0.717, 1.165) is 18.4 Å². The minimum Gasteiger partial charge on any atom is -0.295 e. The van der Waals surface area contributed by atoms with Gasteiger partial charge in [0.2, 0.25) is 0 Å². The Hall–Kier alpha value is -1.00. The van der Waals surface area contributed by atoms with Gasteiger partial charge >= 0.3 is 0 Å². The van der Waals surface area contributed by atoms with Crippen molar-refractivity contribution in [1.29, 1.82) is 0 Å². The Labute approximate surface area is 134 Å². The lowest BCUT2D eigenvalue weighted by atomic mass is 10.2. The quantitative estimate of drug-likeness (QED) is 0.746. The van der Waals surface area contributed by atoms with E-state index < -0.39 is 0 Å². The molecule has 0 aliphatic heterocycles. The number of alkyl halides is 1. The van der Waals surface area contributed by atoms with Gasteiger partial charge in [-0.05, 0) is 31.2 Å². The average molecular weight is 325 g/mol. The molecule has 0 bridgehead atoms. The highest BCUT2D eigenvalue weighted by Crippen LogP contribution is 2.23. The second-order valence-corrected chi connectivity index (χ2v) is 6.96. The second kappa shape index (κ2) is 7.32. The van der Waals surface area contributed by atoms with Crippen molar-refractivity contribution in [2.24, 2.45) is 0 Å². The topological polar surface area (TPSA) is 34.9 Å². The molecule has 0 N–H and O–H groups in total. The summed E-state index contributed by atoms with van der Waals surface area (Å²) in [6, 6.07) is 7.47. The Morgan fingerprint density at radius 1 is 1.38 bits per heavy atom. The Morgan fingerprint density at radius 2 is 2.10 bits per heavy atom. The minimum atomic E-state index is -0.230. The fourth-order valence-corrected chi connectivity index (χ4v) is 2.76. The zero-order valence-electron chi connectivity index (χ0n) is 12.7. The molecule has 1 heterocycles. The van der Waals surface area contributed by atoms with Crippen LogP contribution in [0.15, 0.2) is 29.1 Å². The van der Waals surface area contributed by atoms with E-state index in [1.54, 1.807) is 16.3 Å². The fraction of sp³-hybridized carbons (Fsp3) is 0.500. The summed E-state index contributed by atoms with van der Waals surface area (Å²) >= 11 is 8.19. The van der Waals surface area contributed by atoms with E-state index in [4.69, 9.17) is 11.6 Å². The van der Waals surface area contributed by atoms with Crippen molar-refractivity contribution < 1.29 is 0 Å². The van der Waals surface area contributed by atoms with Crippen LogP contribution in [0.2, 0.25) is 0 Å². The summed E-state index contributed by atoms with van der Waals surface area (Å²) < 4.78 is 1.76. The maximum absolute atomic E-state index is 12.7. The van der Waals surface area contributed by atoms with Gasteiger partial charge in [0, 0.05) is 11.8 Å². The van der Waals surface area contributed by atoms with Gasteiger partial charge in [0.05, 0.1) is 16.3 Å². The molecular weight excluding hydrogens is 304 g/mol. The van der Waals surface area contributed by atoms with E-state index in [9.17, 15) is 4.79 Å². The lowest BCUT2D eigenvalue weighted by Gasteiger charge is -2.17. The van der Waals surface area contributed by atoms with Gasteiger partial charge < -0.3 is 0 Å². The minimum absolute atomic E-state index is 0.0167. The van der Waals surface area contributed by atoms with E-state index >= 15 is 0 Å². The number of rotatable bonds is 6. The number of benzene rings is 1. The van der Waals surface area contributed by atoms with Crippen LogP contribution < -0.4 is 5.56 Å². The Bertz CT molecular complexity index is 671. The fourth-order valence-electron chi connectivity index (χ4n) is 2.25. The van der Waals surface area contributed by atoms with Crippen LogP contribution in [0.4, 0.5) is 0 Å². The van der Waals surface area contributed by atoms with Crippen molar-refractivity contribution in [3.05, 3.63) is 40.4 Å². The molecule has 2 aromatic rings. The van der Waals surface area contributed by atoms with Gasteiger partial charge in [-0.1, -0.05) is 26.0 Å². The standard InChI is InChI=1S/C16H21ClN2OS/c1-4-13(17)15-18-14-8-6-5-7-12(14)16(20)19(15)10-9-11(2)21-3/h5-8,11,13H,4,9-10H2,1-3H3. The number of thioether (sulfide) groups is 1. The summed E-state index contributed by atoms with van der Waals surface area (Å²) in [5.41, 5.74) is 0.744. The number of hydrogen-bond acceptors (Lipinski definition) is 3. The predicted molar refractivity (Wildman–Crippen MR) is 92.5 cm³/mol. The summed E-state index contributed by atoms with van der Waals surface area (Å²) in [6.07, 6.45) is 3.77. The molecule has 1 aromatic heterocycles. The third-order valence-electron chi connectivity index (χ3n) is 3.69. The van der Waals surface area contributed by atoms with Crippen LogP contribution in [0.1, 0.15) is 37.9 Å². The van der Waals surface area contributed by atoms with Crippen molar-refractivity contribution in [2.45, 2.75) is 43.9 Å². The molecule has 0 saturated heterocycles. The molecule has 2 rings (SSSR count). The molecule has 0 saturated carbocycles.